The lowest BCUT2D eigenvalue weighted by molar-refractivity contribution is 0.0512. The van der Waals surface area contributed by atoms with Crippen LogP contribution >= 0.6 is 0 Å². The fourth-order valence-corrected chi connectivity index (χ4v) is 2.46. The molecule has 0 aromatic heterocycles. The Hall–Kier alpha value is -3.68. The molecule has 0 radical (unpaired) electrons. The van der Waals surface area contributed by atoms with Crippen LogP contribution in [0.1, 0.15) is 13.8 Å². The fraction of sp³-hybridized carbons (Fsp3) is 0.333. The van der Waals surface area contributed by atoms with Crippen molar-refractivity contribution in [1.29, 1.82) is 0 Å². The summed E-state index contributed by atoms with van der Waals surface area (Å²) in [4.78, 5) is 22.8. The zero-order valence-corrected chi connectivity index (χ0v) is 18.4. The second-order valence-corrected chi connectivity index (χ2v) is 7.02. The van der Waals surface area contributed by atoms with Gasteiger partial charge in [0.15, 0.2) is 0 Å². The standard InChI is InChI=1S/C24H28O8/c1-17(2)15-31-23(25)29-12-10-27-20-8-9-21-19(14-20)6-5-7-22(21)28-11-13-30-24(26)32-16-18(3)4/h5-9,14H,1,3,10-13,15-16H2,2,4H3. The lowest BCUT2D eigenvalue weighted by Gasteiger charge is -2.12. The van der Waals surface area contributed by atoms with Gasteiger partial charge in [-0.25, -0.2) is 9.59 Å². The maximum Gasteiger partial charge on any atom is 0.508 e. The number of rotatable bonds is 12. The van der Waals surface area contributed by atoms with Gasteiger partial charge < -0.3 is 28.4 Å². The van der Waals surface area contributed by atoms with E-state index in [0.717, 1.165) is 21.9 Å². The molecule has 0 amide bonds. The molecule has 0 N–H and O–H groups in total. The molecule has 0 aliphatic heterocycles. The van der Waals surface area contributed by atoms with Crippen molar-refractivity contribution in [2.75, 3.05) is 39.6 Å². The van der Waals surface area contributed by atoms with Crippen LogP contribution in [0.15, 0.2) is 60.7 Å². The van der Waals surface area contributed by atoms with Crippen LogP contribution in [0.3, 0.4) is 0 Å². The molecule has 32 heavy (non-hydrogen) atoms. The van der Waals surface area contributed by atoms with Gasteiger partial charge >= 0.3 is 12.3 Å². The normalized spacial score (nSPS) is 10.2. The second-order valence-electron chi connectivity index (χ2n) is 7.02. The number of hydrogen-bond acceptors (Lipinski definition) is 8. The lowest BCUT2D eigenvalue weighted by atomic mass is 10.1. The van der Waals surface area contributed by atoms with Gasteiger partial charge in [-0.1, -0.05) is 25.3 Å². The number of fused-ring (bicyclic) bond motifs is 1. The van der Waals surface area contributed by atoms with Crippen molar-refractivity contribution in [2.45, 2.75) is 13.8 Å². The second kappa shape index (κ2) is 12.9. The van der Waals surface area contributed by atoms with Crippen LogP contribution in [0.4, 0.5) is 9.59 Å². The third-order valence-corrected chi connectivity index (χ3v) is 3.82. The van der Waals surface area contributed by atoms with Crippen LogP contribution in [0, 0.1) is 0 Å². The smallest absolute Gasteiger partial charge is 0.490 e. The fourth-order valence-electron chi connectivity index (χ4n) is 2.46. The molecule has 0 aliphatic carbocycles. The summed E-state index contributed by atoms with van der Waals surface area (Å²) in [5.41, 5.74) is 1.46. The molecule has 172 valence electrons. The minimum atomic E-state index is -0.760. The monoisotopic (exact) mass is 444 g/mol. The average molecular weight is 444 g/mol. The Morgan fingerprint density at radius 1 is 0.750 bits per heavy atom. The van der Waals surface area contributed by atoms with E-state index in [4.69, 9.17) is 28.4 Å². The first-order valence-corrected chi connectivity index (χ1v) is 10.0. The molecule has 0 atom stereocenters. The SMILES string of the molecule is C=C(C)COC(=O)OCCOc1ccc2c(OCCOC(=O)OCC(=C)C)cccc2c1. The lowest BCUT2D eigenvalue weighted by Crippen LogP contribution is -2.14. The van der Waals surface area contributed by atoms with Crippen molar-refractivity contribution in [3.8, 4) is 11.5 Å². The number of hydrogen-bond donors (Lipinski definition) is 0. The predicted octanol–water partition coefficient (Wildman–Crippen LogP) is 5.06. The molecular weight excluding hydrogens is 416 g/mol. The van der Waals surface area contributed by atoms with Crippen molar-refractivity contribution in [3.63, 3.8) is 0 Å². The molecule has 0 bridgehead atoms. The van der Waals surface area contributed by atoms with E-state index in [2.05, 4.69) is 13.2 Å². The first-order chi connectivity index (χ1) is 15.3. The molecule has 0 saturated heterocycles. The van der Waals surface area contributed by atoms with E-state index >= 15 is 0 Å². The van der Waals surface area contributed by atoms with Gasteiger partial charge in [-0.3, -0.25) is 0 Å². The van der Waals surface area contributed by atoms with Crippen LogP contribution < -0.4 is 9.47 Å². The number of benzene rings is 2. The summed E-state index contributed by atoms with van der Waals surface area (Å²) >= 11 is 0. The highest BCUT2D eigenvalue weighted by atomic mass is 16.7. The van der Waals surface area contributed by atoms with Crippen LogP contribution in [0.25, 0.3) is 10.8 Å². The maximum absolute atomic E-state index is 11.4. The molecule has 0 aliphatic rings. The molecule has 2 aromatic carbocycles. The van der Waals surface area contributed by atoms with Gasteiger partial charge in [0.05, 0.1) is 0 Å². The first-order valence-electron chi connectivity index (χ1n) is 10.0. The highest BCUT2D eigenvalue weighted by molar-refractivity contribution is 5.89. The third kappa shape index (κ3) is 8.99. The molecule has 0 saturated carbocycles. The third-order valence-electron chi connectivity index (χ3n) is 3.82. The van der Waals surface area contributed by atoms with Crippen LogP contribution in [0.5, 0.6) is 11.5 Å². The highest BCUT2D eigenvalue weighted by Gasteiger charge is 2.07. The molecular formula is C24H28O8. The van der Waals surface area contributed by atoms with Crippen LogP contribution in [-0.2, 0) is 18.9 Å². The van der Waals surface area contributed by atoms with E-state index in [1.807, 2.05) is 30.3 Å². The largest absolute Gasteiger partial charge is 0.508 e. The molecule has 0 unspecified atom stereocenters. The van der Waals surface area contributed by atoms with E-state index in [0.29, 0.717) is 11.5 Å². The van der Waals surface area contributed by atoms with Crippen molar-refractivity contribution in [2.24, 2.45) is 0 Å². The summed E-state index contributed by atoms with van der Waals surface area (Å²) in [5, 5.41) is 1.79. The number of carbonyl (C=O) groups excluding carboxylic acids is 2. The van der Waals surface area contributed by atoms with Crippen LogP contribution in [0.2, 0.25) is 0 Å². The van der Waals surface area contributed by atoms with Gasteiger partial charge in [-0.05, 0) is 54.6 Å². The number of carbonyl (C=O) groups is 2. The first kappa shape index (κ1) is 24.6. The summed E-state index contributed by atoms with van der Waals surface area (Å²) in [6, 6.07) is 11.1. The average Bonchev–Trinajstić information content (AvgIpc) is 2.76. The summed E-state index contributed by atoms with van der Waals surface area (Å²) in [6.07, 6.45) is -1.52. The summed E-state index contributed by atoms with van der Waals surface area (Å²) in [6.45, 7) is 11.5. The minimum Gasteiger partial charge on any atom is -0.490 e. The summed E-state index contributed by atoms with van der Waals surface area (Å²) in [7, 11) is 0. The van der Waals surface area contributed by atoms with Gasteiger partial charge in [0, 0.05) is 5.39 Å². The molecule has 0 spiro atoms. The molecule has 2 rings (SSSR count). The molecule has 0 fully saturated rings. The quantitative estimate of drug-likeness (QED) is 0.255. The van der Waals surface area contributed by atoms with E-state index in [-0.39, 0.29) is 39.6 Å². The van der Waals surface area contributed by atoms with Crippen LogP contribution in [-0.4, -0.2) is 52.0 Å². The Morgan fingerprint density at radius 2 is 1.34 bits per heavy atom. The van der Waals surface area contributed by atoms with Gasteiger partial charge in [0.1, 0.15) is 51.1 Å². The van der Waals surface area contributed by atoms with E-state index in [9.17, 15) is 9.59 Å². The minimum absolute atomic E-state index is 0.0570. The topological polar surface area (TPSA) is 89.5 Å². The van der Waals surface area contributed by atoms with Gasteiger partial charge in [0.2, 0.25) is 0 Å². The number of ether oxygens (including phenoxy) is 6. The van der Waals surface area contributed by atoms with E-state index in [1.165, 1.54) is 0 Å². The van der Waals surface area contributed by atoms with Crippen molar-refractivity contribution < 1.29 is 38.0 Å². The Bertz CT molecular complexity index is 950. The molecule has 8 nitrogen and oxygen atoms in total. The Labute approximate surface area is 187 Å². The molecule has 8 heteroatoms. The van der Waals surface area contributed by atoms with Crippen molar-refractivity contribution in [3.05, 3.63) is 60.7 Å². The van der Waals surface area contributed by atoms with Crippen molar-refractivity contribution >= 4 is 23.1 Å². The van der Waals surface area contributed by atoms with Gasteiger partial charge in [-0.2, -0.15) is 0 Å². The summed E-state index contributed by atoms with van der Waals surface area (Å²) in [5.74, 6) is 1.27. The summed E-state index contributed by atoms with van der Waals surface area (Å²) < 4.78 is 30.9. The molecule has 2 aromatic rings. The molecule has 0 heterocycles. The van der Waals surface area contributed by atoms with Crippen molar-refractivity contribution in [1.82, 2.24) is 0 Å². The highest BCUT2D eigenvalue weighted by Crippen LogP contribution is 2.28. The van der Waals surface area contributed by atoms with E-state index in [1.54, 1.807) is 19.9 Å². The Balaban J connectivity index is 1.79. The maximum atomic E-state index is 11.4. The van der Waals surface area contributed by atoms with Gasteiger partial charge in [-0.15, -0.1) is 0 Å². The zero-order valence-electron chi connectivity index (χ0n) is 18.4. The predicted molar refractivity (Wildman–Crippen MR) is 119 cm³/mol. The Kier molecular flexibility index (Phi) is 9.90. The Morgan fingerprint density at radius 3 is 1.94 bits per heavy atom. The van der Waals surface area contributed by atoms with Gasteiger partial charge in [0.25, 0.3) is 0 Å². The van der Waals surface area contributed by atoms with E-state index < -0.39 is 12.3 Å². The zero-order chi connectivity index (χ0) is 23.3.